The van der Waals surface area contributed by atoms with Crippen LogP contribution in [0.3, 0.4) is 0 Å². The summed E-state index contributed by atoms with van der Waals surface area (Å²) in [6, 6.07) is 7.25. The Bertz CT molecular complexity index is 909. The monoisotopic (exact) mass is 370 g/mol. The van der Waals surface area contributed by atoms with Crippen LogP contribution in [0.25, 0.3) is 11.1 Å². The summed E-state index contributed by atoms with van der Waals surface area (Å²) in [5.41, 5.74) is 7.37. The Morgan fingerprint density at radius 1 is 1.15 bits per heavy atom. The quantitative estimate of drug-likeness (QED) is 0.900. The van der Waals surface area contributed by atoms with Gasteiger partial charge in [0, 0.05) is 11.6 Å². The first-order valence-electron chi connectivity index (χ1n) is 8.73. The van der Waals surface area contributed by atoms with Crippen LogP contribution < -0.4 is 15.2 Å². The molecule has 1 saturated heterocycles. The molecule has 2 aromatic rings. The van der Waals surface area contributed by atoms with Crippen LogP contribution in [-0.4, -0.2) is 35.6 Å². The SMILES string of the molecule is NC(=O)[C@@H]1[C@H]2CC[C@H](C2)N1C(=O)c1sccc1-c1ccc2c(c1)OCO2. The van der Waals surface area contributed by atoms with Crippen molar-refractivity contribution < 1.29 is 19.1 Å². The number of fused-ring (bicyclic) bond motifs is 3. The van der Waals surface area contributed by atoms with Crippen molar-refractivity contribution in [3.05, 3.63) is 34.5 Å². The lowest BCUT2D eigenvalue weighted by molar-refractivity contribution is -0.123. The van der Waals surface area contributed by atoms with Crippen molar-refractivity contribution in [2.75, 3.05) is 6.79 Å². The summed E-state index contributed by atoms with van der Waals surface area (Å²) < 4.78 is 10.8. The third kappa shape index (κ3) is 2.23. The number of amides is 2. The molecule has 1 aliphatic carbocycles. The van der Waals surface area contributed by atoms with Crippen LogP contribution in [0.2, 0.25) is 0 Å². The highest BCUT2D eigenvalue weighted by Crippen LogP contribution is 2.45. The molecule has 5 rings (SSSR count). The number of hydrogen-bond donors (Lipinski definition) is 1. The van der Waals surface area contributed by atoms with Gasteiger partial charge in [0.05, 0.1) is 4.88 Å². The molecule has 3 atom stereocenters. The van der Waals surface area contributed by atoms with Gasteiger partial charge in [0.1, 0.15) is 6.04 Å². The number of thiophene rings is 1. The average molecular weight is 370 g/mol. The molecule has 0 radical (unpaired) electrons. The van der Waals surface area contributed by atoms with Crippen LogP contribution >= 0.6 is 11.3 Å². The predicted molar refractivity (Wildman–Crippen MR) is 96.2 cm³/mol. The minimum atomic E-state index is -0.479. The molecule has 1 saturated carbocycles. The maximum atomic E-state index is 13.3. The van der Waals surface area contributed by atoms with Gasteiger partial charge in [-0.15, -0.1) is 11.3 Å². The molecular weight excluding hydrogens is 352 g/mol. The Hall–Kier alpha value is -2.54. The average Bonchev–Trinajstić information content (AvgIpc) is 3.42. The van der Waals surface area contributed by atoms with Gasteiger partial charge in [-0.3, -0.25) is 9.59 Å². The van der Waals surface area contributed by atoms with Crippen molar-refractivity contribution in [2.24, 2.45) is 11.7 Å². The standard InChI is InChI=1S/C19H18N2O4S/c20-18(22)16-11-1-3-12(7-11)21(16)19(23)17-13(5-6-26-17)10-2-4-14-15(8-10)25-9-24-14/h2,4-6,8,11-12,16H,1,3,7,9H2,(H2,20,22)/t11-,12+,16-/m0/s1. The van der Waals surface area contributed by atoms with Crippen molar-refractivity contribution in [1.29, 1.82) is 0 Å². The first-order valence-corrected chi connectivity index (χ1v) is 9.61. The van der Waals surface area contributed by atoms with Gasteiger partial charge in [-0.2, -0.15) is 0 Å². The lowest BCUT2D eigenvalue weighted by Gasteiger charge is -2.33. The number of benzene rings is 1. The van der Waals surface area contributed by atoms with E-state index in [2.05, 4.69) is 0 Å². The summed E-state index contributed by atoms with van der Waals surface area (Å²) in [6.07, 6.45) is 2.80. The number of hydrogen-bond acceptors (Lipinski definition) is 5. The molecule has 0 unspecified atom stereocenters. The third-order valence-corrected chi connectivity index (χ3v) is 6.56. The Morgan fingerprint density at radius 2 is 2.00 bits per heavy atom. The number of nitrogens with zero attached hydrogens (tertiary/aromatic N) is 1. The molecule has 2 fully saturated rings. The predicted octanol–water partition coefficient (Wildman–Crippen LogP) is 2.62. The van der Waals surface area contributed by atoms with E-state index in [-0.39, 0.29) is 24.7 Å². The van der Waals surface area contributed by atoms with Gasteiger partial charge in [0.2, 0.25) is 12.7 Å². The number of rotatable bonds is 3. The Morgan fingerprint density at radius 3 is 2.85 bits per heavy atom. The fourth-order valence-electron chi connectivity index (χ4n) is 4.53. The molecule has 2 N–H and O–H groups in total. The van der Waals surface area contributed by atoms with Crippen molar-refractivity contribution in [1.82, 2.24) is 4.90 Å². The summed E-state index contributed by atoms with van der Waals surface area (Å²) in [4.78, 5) is 27.6. The molecule has 7 heteroatoms. The number of primary amides is 1. The molecule has 3 aliphatic rings. The number of ether oxygens (including phenoxy) is 2. The number of carbonyl (C=O) groups is 2. The number of likely N-dealkylation sites (tertiary alicyclic amines) is 1. The largest absolute Gasteiger partial charge is 0.454 e. The van der Waals surface area contributed by atoms with Crippen molar-refractivity contribution in [3.63, 3.8) is 0 Å². The zero-order chi connectivity index (χ0) is 17.8. The number of carbonyl (C=O) groups excluding carboxylic acids is 2. The first kappa shape index (κ1) is 15.7. The zero-order valence-corrected chi connectivity index (χ0v) is 14.8. The molecule has 2 bridgehead atoms. The van der Waals surface area contributed by atoms with Crippen LogP contribution in [0.15, 0.2) is 29.6 Å². The van der Waals surface area contributed by atoms with E-state index < -0.39 is 11.9 Å². The number of nitrogens with two attached hydrogens (primary N) is 1. The topological polar surface area (TPSA) is 81.9 Å². The normalized spacial score (nSPS) is 25.7. The highest BCUT2D eigenvalue weighted by atomic mass is 32.1. The molecule has 1 aromatic carbocycles. The van der Waals surface area contributed by atoms with E-state index in [0.717, 1.165) is 30.4 Å². The first-order chi connectivity index (χ1) is 12.6. The van der Waals surface area contributed by atoms with E-state index in [1.54, 1.807) is 4.90 Å². The van der Waals surface area contributed by atoms with Gasteiger partial charge in [0.15, 0.2) is 11.5 Å². The third-order valence-electron chi connectivity index (χ3n) is 5.65. The van der Waals surface area contributed by atoms with Crippen LogP contribution in [0.4, 0.5) is 0 Å². The molecule has 2 amide bonds. The van der Waals surface area contributed by atoms with Gasteiger partial charge in [-0.05, 0) is 54.3 Å². The van der Waals surface area contributed by atoms with Crippen molar-refractivity contribution in [3.8, 4) is 22.6 Å². The molecule has 3 heterocycles. The van der Waals surface area contributed by atoms with Gasteiger partial charge in [0.25, 0.3) is 5.91 Å². The highest BCUT2D eigenvalue weighted by Gasteiger charge is 2.51. The molecule has 1 aromatic heterocycles. The summed E-state index contributed by atoms with van der Waals surface area (Å²) in [7, 11) is 0. The van der Waals surface area contributed by atoms with E-state index in [1.807, 2.05) is 29.6 Å². The second-order valence-corrected chi connectivity index (χ2v) is 7.93. The second kappa shape index (κ2) is 5.74. The lowest BCUT2D eigenvalue weighted by atomic mass is 9.97. The molecule has 0 spiro atoms. The van der Waals surface area contributed by atoms with E-state index in [0.29, 0.717) is 16.4 Å². The van der Waals surface area contributed by atoms with E-state index >= 15 is 0 Å². The minimum Gasteiger partial charge on any atom is -0.454 e. The molecule has 134 valence electrons. The van der Waals surface area contributed by atoms with Crippen LogP contribution in [-0.2, 0) is 4.79 Å². The molecule has 2 aliphatic heterocycles. The summed E-state index contributed by atoms with van der Waals surface area (Å²) in [5, 5.41) is 1.90. The number of piperidine rings is 1. The summed E-state index contributed by atoms with van der Waals surface area (Å²) in [6.45, 7) is 0.214. The van der Waals surface area contributed by atoms with Gasteiger partial charge in [-0.1, -0.05) is 6.07 Å². The van der Waals surface area contributed by atoms with Crippen LogP contribution in [0.5, 0.6) is 11.5 Å². The summed E-state index contributed by atoms with van der Waals surface area (Å²) >= 11 is 1.40. The second-order valence-electron chi connectivity index (χ2n) is 7.02. The van der Waals surface area contributed by atoms with Gasteiger partial charge in [-0.25, -0.2) is 0 Å². The maximum absolute atomic E-state index is 13.3. The zero-order valence-electron chi connectivity index (χ0n) is 14.0. The van der Waals surface area contributed by atoms with Crippen LogP contribution in [0, 0.1) is 5.92 Å². The van der Waals surface area contributed by atoms with Crippen LogP contribution in [0.1, 0.15) is 28.9 Å². The van der Waals surface area contributed by atoms with Crippen molar-refractivity contribution >= 4 is 23.2 Å². The lowest BCUT2D eigenvalue weighted by Crippen LogP contribution is -2.51. The Balaban J connectivity index is 1.51. The molecule has 26 heavy (non-hydrogen) atoms. The van der Waals surface area contributed by atoms with E-state index in [9.17, 15) is 9.59 Å². The van der Waals surface area contributed by atoms with Gasteiger partial charge >= 0.3 is 0 Å². The molecule has 6 nitrogen and oxygen atoms in total. The van der Waals surface area contributed by atoms with Gasteiger partial charge < -0.3 is 20.1 Å². The van der Waals surface area contributed by atoms with E-state index in [4.69, 9.17) is 15.2 Å². The summed E-state index contributed by atoms with van der Waals surface area (Å²) in [5.74, 6) is 1.11. The molecular formula is C19H18N2O4S. The highest BCUT2D eigenvalue weighted by molar-refractivity contribution is 7.12. The fraction of sp³-hybridized carbons (Fsp3) is 0.368. The van der Waals surface area contributed by atoms with Crippen molar-refractivity contribution in [2.45, 2.75) is 31.3 Å². The van der Waals surface area contributed by atoms with E-state index in [1.165, 1.54) is 11.3 Å². The Kier molecular flexibility index (Phi) is 3.46. The maximum Gasteiger partial charge on any atom is 0.265 e. The Labute approximate surface area is 154 Å². The smallest absolute Gasteiger partial charge is 0.265 e. The fourth-order valence-corrected chi connectivity index (χ4v) is 5.39. The minimum absolute atomic E-state index is 0.0938.